The summed E-state index contributed by atoms with van der Waals surface area (Å²) >= 11 is 0. The number of carbonyl (C=O) groups excluding carboxylic acids is 3. The van der Waals surface area contributed by atoms with Gasteiger partial charge in [0.05, 0.1) is 48.7 Å². The van der Waals surface area contributed by atoms with Crippen LogP contribution in [0.3, 0.4) is 0 Å². The van der Waals surface area contributed by atoms with Crippen molar-refractivity contribution in [1.82, 2.24) is 0 Å². The van der Waals surface area contributed by atoms with Crippen LogP contribution in [0.5, 0.6) is 0 Å². The zero-order valence-corrected chi connectivity index (χ0v) is 37.3. The van der Waals surface area contributed by atoms with Gasteiger partial charge in [-0.15, -0.1) is 0 Å². The Morgan fingerprint density at radius 2 is 0.882 bits per heavy atom. The molecule has 0 saturated carbocycles. The number of benzene rings is 5. The monoisotopic (exact) mass is 934 g/mol. The minimum Gasteiger partial charge on any atom is -0.452 e. The summed E-state index contributed by atoms with van der Waals surface area (Å²) in [6, 6.07) is 42.8. The van der Waals surface area contributed by atoms with Crippen LogP contribution < -0.4 is 0 Å². The molecule has 0 bridgehead atoms. The highest BCUT2D eigenvalue weighted by Crippen LogP contribution is 2.36. The van der Waals surface area contributed by atoms with Crippen molar-refractivity contribution in [3.8, 4) is 0 Å². The standard InChI is InChI=1S/C52H54O16/c1-31-40(59-28-33-18-8-3-9-19-33)43(45(50(58)62-31)60-29-34-20-10-4-11-21-34)68-51-42(39(54)38(53)30-61-51)67-52-46(66-49(57)37-26-16-7-17-27-37)44(65-48(56)36-24-14-6-15-25-36)41(32(2)63-52)64-47(55)35-22-12-5-13-23-35/h3-27,31-32,38-46,50-54,58H,28-30H2,1-2H3/t31-,32-,38-,39+,40-,41-,42-,43+,44+,45-,46-,50+,51+,52+/m1/s1. The maximum atomic E-state index is 14.0. The molecule has 14 atom stereocenters. The van der Waals surface area contributed by atoms with Gasteiger partial charge < -0.3 is 62.7 Å². The van der Waals surface area contributed by atoms with Crippen LogP contribution in [-0.4, -0.2) is 126 Å². The average Bonchev–Trinajstić information content (AvgIpc) is 3.36. The van der Waals surface area contributed by atoms with Crippen LogP contribution in [0, 0.1) is 0 Å². The Kier molecular flexibility index (Phi) is 16.4. The Labute approximate surface area is 393 Å². The number of aliphatic hydroxyl groups excluding tert-OH is 3. The van der Waals surface area contributed by atoms with Crippen molar-refractivity contribution in [3.63, 3.8) is 0 Å². The second kappa shape index (κ2) is 22.9. The van der Waals surface area contributed by atoms with Crippen LogP contribution in [-0.2, 0) is 60.6 Å². The van der Waals surface area contributed by atoms with Crippen LogP contribution in [0.1, 0.15) is 56.0 Å². The lowest BCUT2D eigenvalue weighted by Crippen LogP contribution is -2.66. The molecule has 16 heteroatoms. The maximum absolute atomic E-state index is 14.0. The van der Waals surface area contributed by atoms with Crippen molar-refractivity contribution >= 4 is 17.9 Å². The van der Waals surface area contributed by atoms with Crippen LogP contribution >= 0.6 is 0 Å². The van der Waals surface area contributed by atoms with Crippen molar-refractivity contribution < 1.29 is 77.1 Å². The van der Waals surface area contributed by atoms with Gasteiger partial charge in [-0.3, -0.25) is 0 Å². The molecule has 0 aliphatic carbocycles. The average molecular weight is 935 g/mol. The summed E-state index contributed by atoms with van der Waals surface area (Å²) in [5, 5.41) is 34.3. The number of hydrogen-bond acceptors (Lipinski definition) is 16. The van der Waals surface area contributed by atoms with Gasteiger partial charge in [-0.05, 0) is 61.4 Å². The van der Waals surface area contributed by atoms with Crippen molar-refractivity contribution in [2.75, 3.05) is 6.61 Å². The summed E-state index contributed by atoms with van der Waals surface area (Å²) in [4.78, 5) is 41.6. The number of ether oxygens (including phenoxy) is 10. The van der Waals surface area contributed by atoms with E-state index in [0.29, 0.717) is 0 Å². The fraction of sp³-hybridized carbons (Fsp3) is 0.365. The molecule has 68 heavy (non-hydrogen) atoms. The van der Waals surface area contributed by atoms with E-state index in [2.05, 4.69) is 0 Å². The van der Waals surface area contributed by atoms with Crippen LogP contribution in [0.15, 0.2) is 152 Å². The first kappa shape index (κ1) is 48.6. The van der Waals surface area contributed by atoms with E-state index in [1.54, 1.807) is 80.6 Å². The van der Waals surface area contributed by atoms with Gasteiger partial charge in [0.15, 0.2) is 37.2 Å². The molecule has 0 radical (unpaired) electrons. The summed E-state index contributed by atoms with van der Waals surface area (Å²) in [5.74, 6) is -2.52. The summed E-state index contributed by atoms with van der Waals surface area (Å²) in [6.45, 7) is 3.00. The largest absolute Gasteiger partial charge is 0.452 e. The summed E-state index contributed by atoms with van der Waals surface area (Å²) < 4.78 is 62.8. The molecule has 0 unspecified atom stereocenters. The lowest BCUT2D eigenvalue weighted by atomic mass is 9.97. The Morgan fingerprint density at radius 3 is 1.38 bits per heavy atom. The van der Waals surface area contributed by atoms with Crippen LogP contribution in [0.25, 0.3) is 0 Å². The van der Waals surface area contributed by atoms with E-state index in [1.807, 2.05) is 60.7 Å². The number of esters is 3. The van der Waals surface area contributed by atoms with Crippen molar-refractivity contribution in [1.29, 1.82) is 0 Å². The van der Waals surface area contributed by atoms with E-state index < -0.39 is 111 Å². The van der Waals surface area contributed by atoms with Crippen LogP contribution in [0.4, 0.5) is 0 Å². The molecule has 3 saturated heterocycles. The normalized spacial score (nSPS) is 30.4. The Hall–Kier alpha value is -5.89. The van der Waals surface area contributed by atoms with Gasteiger partial charge in [-0.2, -0.15) is 0 Å². The van der Waals surface area contributed by atoms with Gasteiger partial charge in [-0.25, -0.2) is 14.4 Å². The predicted octanol–water partition coefficient (Wildman–Crippen LogP) is 5.16. The SMILES string of the molecule is C[C@H]1O[C@H](O)[C@H](OCc2ccccc2)[C@@H](O[C@@H]2OC[C@@H](O)[C@H](O)[C@H]2O[C@@H]2O[C@H](C)[C@@H](OC(=O)c3ccccc3)[C@H](OC(=O)c3ccccc3)[C@H]2OC(=O)c2ccccc2)[C@@H]1OCc1ccccc1. The molecule has 358 valence electrons. The van der Waals surface area contributed by atoms with E-state index in [1.165, 1.54) is 24.3 Å². The Balaban J connectivity index is 1.14. The third-order valence-corrected chi connectivity index (χ3v) is 11.8. The fourth-order valence-corrected chi connectivity index (χ4v) is 8.23. The minimum atomic E-state index is -1.73. The minimum absolute atomic E-state index is 0.0414. The summed E-state index contributed by atoms with van der Waals surface area (Å²) in [6.07, 6.45) is -19.6. The van der Waals surface area contributed by atoms with Gasteiger partial charge in [0, 0.05) is 0 Å². The van der Waals surface area contributed by atoms with E-state index in [9.17, 15) is 29.7 Å². The number of aliphatic hydroxyl groups is 3. The molecule has 8 rings (SSSR count). The lowest BCUT2D eigenvalue weighted by Gasteiger charge is -2.48. The molecule has 16 nitrogen and oxygen atoms in total. The molecular formula is C52H54O16. The number of hydrogen-bond donors (Lipinski definition) is 3. The van der Waals surface area contributed by atoms with Crippen molar-refractivity contribution in [2.24, 2.45) is 0 Å². The molecule has 3 fully saturated rings. The van der Waals surface area contributed by atoms with Crippen molar-refractivity contribution in [3.05, 3.63) is 179 Å². The molecule has 3 aliphatic heterocycles. The molecule has 3 N–H and O–H groups in total. The molecule has 0 spiro atoms. The third-order valence-electron chi connectivity index (χ3n) is 11.8. The Morgan fingerprint density at radius 1 is 0.471 bits per heavy atom. The summed E-state index contributed by atoms with van der Waals surface area (Å²) in [5.41, 5.74) is 2.07. The zero-order chi connectivity index (χ0) is 47.6. The Bertz CT molecular complexity index is 2300. The highest BCUT2D eigenvalue weighted by atomic mass is 16.8. The molecule has 0 aromatic heterocycles. The van der Waals surface area contributed by atoms with E-state index in [-0.39, 0.29) is 29.9 Å². The van der Waals surface area contributed by atoms with E-state index >= 15 is 0 Å². The highest BCUT2D eigenvalue weighted by Gasteiger charge is 2.56. The highest BCUT2D eigenvalue weighted by molar-refractivity contribution is 5.91. The molecule has 5 aromatic rings. The van der Waals surface area contributed by atoms with Crippen LogP contribution in [0.2, 0.25) is 0 Å². The first-order chi connectivity index (χ1) is 33.0. The fourth-order valence-electron chi connectivity index (χ4n) is 8.23. The zero-order valence-electron chi connectivity index (χ0n) is 37.3. The van der Waals surface area contributed by atoms with Gasteiger partial charge in [0.1, 0.15) is 36.6 Å². The van der Waals surface area contributed by atoms with Crippen molar-refractivity contribution in [2.45, 2.75) is 113 Å². The maximum Gasteiger partial charge on any atom is 0.338 e. The second-order valence-corrected chi connectivity index (χ2v) is 16.6. The quantitative estimate of drug-likeness (QED) is 0.0863. The van der Waals surface area contributed by atoms with Gasteiger partial charge in [0.2, 0.25) is 0 Å². The number of carbonyl (C=O) groups is 3. The third kappa shape index (κ3) is 11.9. The second-order valence-electron chi connectivity index (χ2n) is 16.6. The van der Waals surface area contributed by atoms with Gasteiger partial charge in [0.25, 0.3) is 0 Å². The van der Waals surface area contributed by atoms with Gasteiger partial charge >= 0.3 is 17.9 Å². The molecule has 3 heterocycles. The molecule has 0 amide bonds. The lowest BCUT2D eigenvalue weighted by molar-refractivity contribution is -0.378. The first-order valence-corrected chi connectivity index (χ1v) is 22.4. The molecule has 3 aliphatic rings. The predicted molar refractivity (Wildman–Crippen MR) is 239 cm³/mol. The smallest absolute Gasteiger partial charge is 0.338 e. The van der Waals surface area contributed by atoms with Gasteiger partial charge in [-0.1, -0.05) is 115 Å². The van der Waals surface area contributed by atoms with E-state index in [4.69, 9.17) is 47.4 Å². The summed E-state index contributed by atoms with van der Waals surface area (Å²) in [7, 11) is 0. The topological polar surface area (TPSA) is 204 Å². The first-order valence-electron chi connectivity index (χ1n) is 22.4. The number of rotatable bonds is 16. The van der Waals surface area contributed by atoms with E-state index in [0.717, 1.165) is 11.1 Å². The molecular weight excluding hydrogens is 881 g/mol. The molecule has 5 aromatic carbocycles.